The van der Waals surface area contributed by atoms with Crippen LogP contribution in [0.5, 0.6) is 11.5 Å². The maximum absolute atomic E-state index is 13.1. The SMILES string of the molecule is CNC(=O)CNc1cc(OC)cc(S(=O)(=O)c2ccc(C)cc2)c1OC. The number of aryl methyl sites for hydroxylation is 1. The van der Waals surface area contributed by atoms with Gasteiger partial charge in [-0.2, -0.15) is 0 Å². The van der Waals surface area contributed by atoms with E-state index in [2.05, 4.69) is 10.6 Å². The van der Waals surface area contributed by atoms with Crippen molar-refractivity contribution < 1.29 is 22.7 Å². The lowest BCUT2D eigenvalue weighted by Gasteiger charge is -2.17. The van der Waals surface area contributed by atoms with Crippen molar-refractivity contribution in [1.29, 1.82) is 0 Å². The largest absolute Gasteiger partial charge is 0.497 e. The van der Waals surface area contributed by atoms with Gasteiger partial charge in [0.25, 0.3) is 0 Å². The van der Waals surface area contributed by atoms with Gasteiger partial charge in [0.2, 0.25) is 15.7 Å². The summed E-state index contributed by atoms with van der Waals surface area (Å²) in [6.07, 6.45) is 0. The van der Waals surface area contributed by atoms with Crippen LogP contribution in [0.15, 0.2) is 46.2 Å². The molecular weight excluding hydrogens is 356 g/mol. The molecule has 0 aliphatic carbocycles. The van der Waals surface area contributed by atoms with Gasteiger partial charge in [-0.15, -0.1) is 0 Å². The van der Waals surface area contributed by atoms with Crippen LogP contribution >= 0.6 is 0 Å². The molecule has 2 aromatic rings. The van der Waals surface area contributed by atoms with Crippen LogP contribution in [0, 0.1) is 6.92 Å². The van der Waals surface area contributed by atoms with Gasteiger partial charge in [-0.1, -0.05) is 17.7 Å². The first kappa shape index (κ1) is 19.6. The number of ether oxygens (including phenoxy) is 2. The lowest BCUT2D eigenvalue weighted by molar-refractivity contribution is -0.118. The molecule has 0 aliphatic rings. The second kappa shape index (κ2) is 8.09. The van der Waals surface area contributed by atoms with Gasteiger partial charge in [0.15, 0.2) is 5.75 Å². The summed E-state index contributed by atoms with van der Waals surface area (Å²) in [7, 11) is 0.484. The van der Waals surface area contributed by atoms with Gasteiger partial charge in [-0.25, -0.2) is 8.42 Å². The summed E-state index contributed by atoms with van der Waals surface area (Å²) >= 11 is 0. The molecule has 0 saturated heterocycles. The minimum Gasteiger partial charge on any atom is -0.497 e. The van der Waals surface area contributed by atoms with Crippen LogP contribution in [-0.2, 0) is 14.6 Å². The fourth-order valence-electron chi connectivity index (χ4n) is 2.34. The van der Waals surface area contributed by atoms with Crippen molar-refractivity contribution in [2.75, 3.05) is 33.1 Å². The molecule has 7 nitrogen and oxygen atoms in total. The van der Waals surface area contributed by atoms with Crippen LogP contribution in [0.2, 0.25) is 0 Å². The predicted octanol–water partition coefficient (Wildman–Crippen LogP) is 2.00. The second-order valence-electron chi connectivity index (χ2n) is 5.55. The Morgan fingerprint density at radius 3 is 2.27 bits per heavy atom. The lowest BCUT2D eigenvalue weighted by atomic mass is 10.2. The number of amides is 1. The second-order valence-corrected chi connectivity index (χ2v) is 7.47. The molecule has 0 bridgehead atoms. The van der Waals surface area contributed by atoms with Gasteiger partial charge in [0.05, 0.1) is 31.3 Å². The molecule has 0 atom stereocenters. The van der Waals surface area contributed by atoms with Crippen LogP contribution < -0.4 is 20.1 Å². The molecule has 26 heavy (non-hydrogen) atoms. The Morgan fingerprint density at radius 2 is 1.73 bits per heavy atom. The van der Waals surface area contributed by atoms with Crippen LogP contribution in [0.1, 0.15) is 5.56 Å². The number of anilines is 1. The first-order valence-corrected chi connectivity index (χ1v) is 9.34. The van der Waals surface area contributed by atoms with Crippen LogP contribution in [0.25, 0.3) is 0 Å². The summed E-state index contributed by atoms with van der Waals surface area (Å²) in [5.41, 5.74) is 1.30. The highest BCUT2D eigenvalue weighted by molar-refractivity contribution is 7.91. The zero-order chi connectivity index (χ0) is 19.3. The fourth-order valence-corrected chi connectivity index (χ4v) is 3.80. The zero-order valence-electron chi connectivity index (χ0n) is 15.1. The number of benzene rings is 2. The van der Waals surface area contributed by atoms with Crippen LogP contribution in [0.3, 0.4) is 0 Å². The molecule has 1 amide bonds. The molecule has 2 N–H and O–H groups in total. The van der Waals surface area contributed by atoms with E-state index in [1.54, 1.807) is 30.3 Å². The normalized spacial score (nSPS) is 10.9. The molecule has 2 aromatic carbocycles. The Labute approximate surface area is 153 Å². The van der Waals surface area contributed by atoms with Gasteiger partial charge >= 0.3 is 0 Å². The first-order chi connectivity index (χ1) is 12.3. The number of likely N-dealkylation sites (N-methyl/N-ethyl adjacent to an activating group) is 1. The van der Waals surface area contributed by atoms with Crippen molar-refractivity contribution in [3.63, 3.8) is 0 Å². The van der Waals surface area contributed by atoms with E-state index >= 15 is 0 Å². The average Bonchev–Trinajstić information content (AvgIpc) is 2.65. The van der Waals surface area contributed by atoms with Crippen molar-refractivity contribution >= 4 is 21.4 Å². The molecule has 0 fully saturated rings. The third kappa shape index (κ3) is 4.08. The number of carbonyl (C=O) groups is 1. The summed E-state index contributed by atoms with van der Waals surface area (Å²) in [5, 5.41) is 5.37. The number of carbonyl (C=O) groups excluding carboxylic acids is 1. The van der Waals surface area contributed by atoms with E-state index in [0.29, 0.717) is 11.4 Å². The summed E-state index contributed by atoms with van der Waals surface area (Å²) in [4.78, 5) is 11.6. The summed E-state index contributed by atoms with van der Waals surface area (Å²) in [5.74, 6) is 0.198. The van der Waals surface area contributed by atoms with Crippen molar-refractivity contribution in [2.24, 2.45) is 0 Å². The molecule has 0 aliphatic heterocycles. The maximum Gasteiger partial charge on any atom is 0.239 e. The number of hydrogen-bond acceptors (Lipinski definition) is 6. The van der Waals surface area contributed by atoms with Crippen LogP contribution in [0.4, 0.5) is 5.69 Å². The number of sulfone groups is 1. The van der Waals surface area contributed by atoms with E-state index in [-0.39, 0.29) is 28.0 Å². The van der Waals surface area contributed by atoms with E-state index in [9.17, 15) is 13.2 Å². The molecule has 0 spiro atoms. The molecule has 8 heteroatoms. The third-order valence-corrected chi connectivity index (χ3v) is 5.58. The third-order valence-electron chi connectivity index (χ3n) is 3.81. The summed E-state index contributed by atoms with van der Waals surface area (Å²) < 4.78 is 36.8. The van der Waals surface area contributed by atoms with Crippen molar-refractivity contribution in [1.82, 2.24) is 5.32 Å². The van der Waals surface area contributed by atoms with Gasteiger partial charge in [-0.3, -0.25) is 4.79 Å². The summed E-state index contributed by atoms with van der Waals surface area (Å²) in [6, 6.07) is 9.52. The maximum atomic E-state index is 13.1. The minimum absolute atomic E-state index is 0.0377. The Bertz CT molecular complexity index is 893. The van der Waals surface area contributed by atoms with Gasteiger partial charge in [0, 0.05) is 19.2 Å². The molecule has 0 unspecified atom stereocenters. The zero-order valence-corrected chi connectivity index (χ0v) is 15.9. The Balaban J connectivity index is 2.59. The highest BCUT2D eigenvalue weighted by Gasteiger charge is 2.26. The minimum atomic E-state index is -3.84. The monoisotopic (exact) mass is 378 g/mol. The molecule has 2 rings (SSSR count). The highest BCUT2D eigenvalue weighted by atomic mass is 32.2. The highest BCUT2D eigenvalue weighted by Crippen LogP contribution is 2.39. The number of nitrogens with one attached hydrogen (secondary N) is 2. The van der Waals surface area contributed by atoms with E-state index in [1.807, 2.05) is 6.92 Å². The van der Waals surface area contributed by atoms with Gasteiger partial charge < -0.3 is 20.1 Å². The number of hydrogen-bond donors (Lipinski definition) is 2. The molecular formula is C18H22N2O5S. The smallest absolute Gasteiger partial charge is 0.239 e. The van der Waals surface area contributed by atoms with Gasteiger partial charge in [0.1, 0.15) is 10.6 Å². The molecule has 0 heterocycles. The molecule has 140 valence electrons. The van der Waals surface area contributed by atoms with Crippen molar-refractivity contribution in [3.8, 4) is 11.5 Å². The Hall–Kier alpha value is -2.74. The predicted molar refractivity (Wildman–Crippen MR) is 98.7 cm³/mol. The topological polar surface area (TPSA) is 93.7 Å². The fraction of sp³-hybridized carbons (Fsp3) is 0.278. The summed E-state index contributed by atoms with van der Waals surface area (Å²) in [6.45, 7) is 1.84. The number of rotatable bonds is 7. The standard InChI is InChI=1S/C18H22N2O5S/c1-12-5-7-14(8-6-12)26(22,23)16-10-13(24-3)9-15(18(16)25-4)20-11-17(21)19-2/h5-10,20H,11H2,1-4H3,(H,19,21). The lowest BCUT2D eigenvalue weighted by Crippen LogP contribution is -2.26. The van der Waals surface area contributed by atoms with Crippen LogP contribution in [-0.4, -0.2) is 42.1 Å². The molecule has 0 radical (unpaired) electrons. The van der Waals surface area contributed by atoms with Gasteiger partial charge in [-0.05, 0) is 19.1 Å². The van der Waals surface area contributed by atoms with Crippen molar-refractivity contribution in [2.45, 2.75) is 16.7 Å². The van der Waals surface area contributed by atoms with E-state index in [1.165, 1.54) is 27.3 Å². The molecule has 0 saturated carbocycles. The number of methoxy groups -OCH3 is 2. The quantitative estimate of drug-likeness (QED) is 0.765. The van der Waals surface area contributed by atoms with E-state index in [4.69, 9.17) is 9.47 Å². The van der Waals surface area contributed by atoms with E-state index < -0.39 is 9.84 Å². The van der Waals surface area contributed by atoms with Crippen molar-refractivity contribution in [3.05, 3.63) is 42.0 Å². The average molecular weight is 378 g/mol. The Morgan fingerprint density at radius 1 is 1.08 bits per heavy atom. The molecule has 0 aromatic heterocycles. The Kier molecular flexibility index (Phi) is 6.10. The van der Waals surface area contributed by atoms with E-state index in [0.717, 1.165) is 5.56 Å². The first-order valence-electron chi connectivity index (χ1n) is 7.85.